The largest absolute Gasteiger partial charge is 0.497 e. The van der Waals surface area contributed by atoms with Crippen molar-refractivity contribution in [2.75, 3.05) is 25.2 Å². The van der Waals surface area contributed by atoms with Gasteiger partial charge in [0.25, 0.3) is 0 Å². The van der Waals surface area contributed by atoms with E-state index in [1.165, 1.54) is 12.1 Å². The van der Waals surface area contributed by atoms with Crippen molar-refractivity contribution >= 4 is 5.82 Å². The van der Waals surface area contributed by atoms with Crippen LogP contribution in [-0.4, -0.2) is 46.2 Å². The minimum Gasteiger partial charge on any atom is -0.497 e. The summed E-state index contributed by atoms with van der Waals surface area (Å²) in [4.78, 5) is 6.69. The van der Waals surface area contributed by atoms with Crippen molar-refractivity contribution in [3.8, 4) is 28.4 Å². The number of anilines is 1. The van der Waals surface area contributed by atoms with E-state index in [0.717, 1.165) is 22.5 Å². The Kier molecular flexibility index (Phi) is 4.80. The second-order valence-electron chi connectivity index (χ2n) is 7.51. The minimum atomic E-state index is -0.353. The normalized spacial score (nSPS) is 16.6. The lowest BCUT2D eigenvalue weighted by atomic mass is 9.99. The van der Waals surface area contributed by atoms with Crippen molar-refractivity contribution in [3.05, 3.63) is 66.1 Å². The number of rotatable bonds is 7. The van der Waals surface area contributed by atoms with Gasteiger partial charge in [0.2, 0.25) is 12.1 Å². The average molecular weight is 435 g/mol. The Labute approximate surface area is 184 Å². The van der Waals surface area contributed by atoms with Gasteiger partial charge < -0.3 is 23.7 Å². The summed E-state index contributed by atoms with van der Waals surface area (Å²) in [6.07, 6.45) is 1.39. The van der Waals surface area contributed by atoms with Crippen LogP contribution >= 0.6 is 0 Å². The molecule has 0 radical (unpaired) electrons. The third kappa shape index (κ3) is 3.35. The van der Waals surface area contributed by atoms with Gasteiger partial charge in [-0.1, -0.05) is 12.6 Å². The van der Waals surface area contributed by atoms with Crippen LogP contribution in [0.1, 0.15) is 6.92 Å². The molecule has 5 rings (SSSR count). The first-order chi connectivity index (χ1) is 15.5. The Morgan fingerprint density at radius 2 is 2.12 bits per heavy atom. The summed E-state index contributed by atoms with van der Waals surface area (Å²) in [6.45, 7) is 6.87. The highest BCUT2D eigenvalue weighted by Crippen LogP contribution is 2.45. The molecule has 0 N–H and O–H groups in total. The van der Waals surface area contributed by atoms with Crippen LogP contribution in [0, 0.1) is 5.82 Å². The van der Waals surface area contributed by atoms with Crippen molar-refractivity contribution in [2.45, 2.75) is 13.2 Å². The summed E-state index contributed by atoms with van der Waals surface area (Å²) < 4.78 is 32.7. The van der Waals surface area contributed by atoms with Gasteiger partial charge in [-0.2, -0.15) is 4.98 Å². The molecular formula is C23H22FN5O3. The SMILES string of the molecule is C=C(OC)C1=C2O[C@H]2N(c2cc(-c3ccc(F)cc3-c3nncn3C)cc(OCC)n2)C1. The maximum atomic E-state index is 14.2. The van der Waals surface area contributed by atoms with Gasteiger partial charge in [-0.05, 0) is 36.2 Å². The highest BCUT2D eigenvalue weighted by Gasteiger charge is 2.49. The molecule has 1 aromatic carbocycles. The number of halogens is 1. The first-order valence-corrected chi connectivity index (χ1v) is 10.2. The highest BCUT2D eigenvalue weighted by molar-refractivity contribution is 5.82. The minimum absolute atomic E-state index is 0.194. The number of hydrogen-bond donors (Lipinski definition) is 0. The quantitative estimate of drug-likeness (QED) is 0.414. The number of nitrogens with zero attached hydrogens (tertiary/aromatic N) is 5. The van der Waals surface area contributed by atoms with E-state index in [9.17, 15) is 4.39 Å². The zero-order valence-electron chi connectivity index (χ0n) is 18.0. The first kappa shape index (κ1) is 20.0. The third-order valence-electron chi connectivity index (χ3n) is 5.52. The molecule has 2 aromatic heterocycles. The molecule has 8 nitrogen and oxygen atoms in total. The zero-order valence-corrected chi connectivity index (χ0v) is 18.0. The number of methoxy groups -OCH3 is 1. The van der Waals surface area contributed by atoms with E-state index in [-0.39, 0.29) is 12.0 Å². The molecule has 3 aromatic rings. The van der Waals surface area contributed by atoms with Crippen LogP contribution in [0.5, 0.6) is 5.88 Å². The van der Waals surface area contributed by atoms with Crippen LogP contribution in [-0.2, 0) is 16.5 Å². The van der Waals surface area contributed by atoms with Crippen LogP contribution in [0.25, 0.3) is 22.5 Å². The van der Waals surface area contributed by atoms with Crippen molar-refractivity contribution in [1.82, 2.24) is 19.7 Å². The predicted octanol–water partition coefficient (Wildman–Crippen LogP) is 3.67. The van der Waals surface area contributed by atoms with Gasteiger partial charge >= 0.3 is 0 Å². The topological polar surface area (TPSA) is 77.8 Å². The molecule has 2 aliphatic heterocycles. The summed E-state index contributed by atoms with van der Waals surface area (Å²) in [6, 6.07) is 8.39. The van der Waals surface area contributed by atoms with Gasteiger partial charge in [-0.3, -0.25) is 0 Å². The zero-order chi connectivity index (χ0) is 22.4. The van der Waals surface area contributed by atoms with Crippen LogP contribution in [0.3, 0.4) is 0 Å². The molecule has 9 heteroatoms. The van der Waals surface area contributed by atoms with E-state index in [1.54, 1.807) is 24.1 Å². The van der Waals surface area contributed by atoms with Gasteiger partial charge in [0.15, 0.2) is 11.6 Å². The number of hydrogen-bond acceptors (Lipinski definition) is 7. The molecular weight excluding hydrogens is 413 g/mol. The van der Waals surface area contributed by atoms with Crippen molar-refractivity contribution in [3.63, 3.8) is 0 Å². The molecule has 0 bridgehead atoms. The number of ether oxygens (including phenoxy) is 3. The molecule has 1 atom stereocenters. The van der Waals surface area contributed by atoms with Crippen LogP contribution in [0.15, 0.2) is 60.3 Å². The molecule has 4 heterocycles. The third-order valence-corrected chi connectivity index (χ3v) is 5.52. The maximum Gasteiger partial charge on any atom is 0.232 e. The Morgan fingerprint density at radius 1 is 1.28 bits per heavy atom. The monoisotopic (exact) mass is 435 g/mol. The number of epoxide rings is 1. The van der Waals surface area contributed by atoms with Gasteiger partial charge in [0.1, 0.15) is 23.7 Å². The van der Waals surface area contributed by atoms with Gasteiger partial charge in [-0.15, -0.1) is 10.2 Å². The summed E-state index contributed by atoms with van der Waals surface area (Å²) in [7, 11) is 3.41. The smallest absolute Gasteiger partial charge is 0.232 e. The molecule has 1 saturated heterocycles. The molecule has 0 aliphatic carbocycles. The first-order valence-electron chi connectivity index (χ1n) is 10.2. The molecule has 0 unspecified atom stereocenters. The molecule has 32 heavy (non-hydrogen) atoms. The molecule has 0 spiro atoms. The lowest BCUT2D eigenvalue weighted by molar-refractivity contribution is 0.297. The van der Waals surface area contributed by atoms with Gasteiger partial charge in [-0.25, -0.2) is 4.39 Å². The lowest BCUT2D eigenvalue weighted by Gasteiger charge is -2.21. The van der Waals surface area contributed by atoms with Crippen molar-refractivity contribution in [1.29, 1.82) is 0 Å². The second kappa shape index (κ2) is 7.67. The molecule has 164 valence electrons. The van der Waals surface area contributed by atoms with E-state index in [0.29, 0.717) is 42.0 Å². The number of aryl methyl sites for hydroxylation is 1. The van der Waals surface area contributed by atoms with Crippen molar-refractivity contribution < 1.29 is 18.6 Å². The van der Waals surface area contributed by atoms with Crippen LogP contribution < -0.4 is 9.64 Å². The Bertz CT molecular complexity index is 1250. The maximum absolute atomic E-state index is 14.2. The molecule has 1 fully saturated rings. The highest BCUT2D eigenvalue weighted by atomic mass is 19.1. The fourth-order valence-electron chi connectivity index (χ4n) is 3.89. The Balaban J connectivity index is 1.59. The molecule has 2 aliphatic rings. The number of benzene rings is 1. The Hall–Kier alpha value is -3.88. The van der Waals surface area contributed by atoms with E-state index in [1.807, 2.05) is 31.0 Å². The summed E-state index contributed by atoms with van der Waals surface area (Å²) in [5, 5.41) is 8.11. The summed E-state index contributed by atoms with van der Waals surface area (Å²) >= 11 is 0. The van der Waals surface area contributed by atoms with Crippen LogP contribution in [0.4, 0.5) is 10.2 Å². The Morgan fingerprint density at radius 3 is 2.84 bits per heavy atom. The van der Waals surface area contributed by atoms with Crippen LogP contribution in [0.2, 0.25) is 0 Å². The van der Waals surface area contributed by atoms with E-state index in [2.05, 4.69) is 21.8 Å². The number of fused-ring (bicyclic) bond motifs is 1. The summed E-state index contributed by atoms with van der Waals surface area (Å²) in [5.74, 6) is 2.78. The number of aromatic nitrogens is 4. The van der Waals surface area contributed by atoms with E-state index < -0.39 is 0 Å². The van der Waals surface area contributed by atoms with E-state index in [4.69, 9.17) is 14.2 Å². The standard InChI is InChI=1S/C23H22FN5O3/c1-5-31-20-9-14(16-7-6-15(24)10-17(16)22-27-25-12-28(22)3)8-19(26-20)29-11-18(13(2)30-4)21-23(29)32-21/h6-10,12,23H,2,5,11H2,1,3-4H3/t23-/m1/s1. The van der Waals surface area contributed by atoms with Crippen molar-refractivity contribution in [2.24, 2.45) is 7.05 Å². The predicted molar refractivity (Wildman–Crippen MR) is 116 cm³/mol. The molecule has 0 amide bonds. The second-order valence-corrected chi connectivity index (χ2v) is 7.51. The lowest BCUT2D eigenvalue weighted by Crippen LogP contribution is -2.26. The average Bonchev–Trinajstić information content (AvgIpc) is 3.29. The van der Waals surface area contributed by atoms with Gasteiger partial charge in [0, 0.05) is 18.7 Å². The molecule has 0 saturated carbocycles. The van der Waals surface area contributed by atoms with E-state index >= 15 is 0 Å². The number of pyridine rings is 1. The fraction of sp³-hybridized carbons (Fsp3) is 0.261. The summed E-state index contributed by atoms with van der Waals surface area (Å²) in [5.41, 5.74) is 3.15. The fourth-order valence-corrected chi connectivity index (χ4v) is 3.89. The van der Waals surface area contributed by atoms with Gasteiger partial charge in [0.05, 0.1) is 25.8 Å².